The number of thioether (sulfide) groups is 1. The fraction of sp³-hybridized carbons (Fsp3) is 0.500. The van der Waals surface area contributed by atoms with E-state index in [0.717, 1.165) is 37.1 Å². The van der Waals surface area contributed by atoms with E-state index in [-0.39, 0.29) is 18.2 Å². The van der Waals surface area contributed by atoms with Crippen LogP contribution in [-0.2, 0) is 9.59 Å². The predicted molar refractivity (Wildman–Crippen MR) is 113 cm³/mol. The van der Waals surface area contributed by atoms with E-state index in [1.54, 1.807) is 24.3 Å². The zero-order valence-corrected chi connectivity index (χ0v) is 16.9. The molecule has 1 aliphatic carbocycles. The lowest BCUT2D eigenvalue weighted by Gasteiger charge is -2.08. The molecule has 1 aromatic rings. The maximum atomic E-state index is 12.3. The van der Waals surface area contributed by atoms with Crippen LogP contribution in [0.1, 0.15) is 51.9 Å². The zero-order valence-electron chi connectivity index (χ0n) is 16.1. The van der Waals surface area contributed by atoms with Crippen LogP contribution in [0.5, 0.6) is 5.75 Å². The maximum absolute atomic E-state index is 12.3. The quantitative estimate of drug-likeness (QED) is 0.560. The van der Waals surface area contributed by atoms with Gasteiger partial charge in [-0.3, -0.25) is 9.59 Å². The number of anilines is 1. The third-order valence-corrected chi connectivity index (χ3v) is 5.63. The molecule has 0 unspecified atom stereocenters. The molecule has 1 saturated carbocycles. The molecule has 0 aromatic heterocycles. The Morgan fingerprint density at radius 1 is 1.18 bits per heavy atom. The number of carbonyl (C=O) groups is 2. The summed E-state index contributed by atoms with van der Waals surface area (Å²) >= 11 is 1.26. The predicted octanol–water partition coefficient (Wildman–Crippen LogP) is 3.71. The van der Waals surface area contributed by atoms with Crippen LogP contribution in [0.3, 0.4) is 0 Å². The standard InChI is InChI=1S/C20H26N4O3S/c1-2-27-16-11-9-14(10-12-16)21-18(25)13-17-19(26)22-20(28-17)24-23-15-7-5-3-4-6-8-15/h9-12,17H,2-8,13H2,1H3,(H,21,25)(H,22,24,26)/t17-/m0/s1. The minimum absolute atomic E-state index is 0.0826. The summed E-state index contributed by atoms with van der Waals surface area (Å²) in [4.78, 5) is 24.4. The fourth-order valence-electron chi connectivity index (χ4n) is 3.12. The van der Waals surface area contributed by atoms with Gasteiger partial charge in [-0.2, -0.15) is 5.10 Å². The van der Waals surface area contributed by atoms with Crippen molar-refractivity contribution in [2.75, 3.05) is 11.9 Å². The highest BCUT2D eigenvalue weighted by atomic mass is 32.2. The molecule has 0 radical (unpaired) electrons. The van der Waals surface area contributed by atoms with Crippen molar-refractivity contribution in [3.63, 3.8) is 0 Å². The first-order valence-corrected chi connectivity index (χ1v) is 10.7. The van der Waals surface area contributed by atoms with Crippen LogP contribution >= 0.6 is 11.8 Å². The normalized spacial score (nSPS) is 21.2. The molecule has 2 amide bonds. The second kappa shape index (κ2) is 10.3. The summed E-state index contributed by atoms with van der Waals surface area (Å²) < 4.78 is 5.38. The summed E-state index contributed by atoms with van der Waals surface area (Å²) in [5.74, 6) is 0.335. The van der Waals surface area contributed by atoms with E-state index in [1.165, 1.54) is 24.6 Å². The number of benzene rings is 1. The lowest BCUT2D eigenvalue weighted by atomic mass is 10.2. The van der Waals surface area contributed by atoms with Gasteiger partial charge in [-0.1, -0.05) is 24.6 Å². The molecule has 0 spiro atoms. The van der Waals surface area contributed by atoms with Crippen molar-refractivity contribution in [2.24, 2.45) is 10.2 Å². The highest BCUT2D eigenvalue weighted by molar-refractivity contribution is 8.15. The largest absolute Gasteiger partial charge is 0.494 e. The monoisotopic (exact) mass is 402 g/mol. The molecule has 2 aliphatic rings. The molecule has 0 bridgehead atoms. The van der Waals surface area contributed by atoms with Gasteiger partial charge >= 0.3 is 0 Å². The molecule has 1 aromatic carbocycles. The zero-order chi connectivity index (χ0) is 19.8. The lowest BCUT2D eigenvalue weighted by molar-refractivity contribution is -0.122. The summed E-state index contributed by atoms with van der Waals surface area (Å²) in [6.07, 6.45) is 6.82. The average molecular weight is 403 g/mol. The summed E-state index contributed by atoms with van der Waals surface area (Å²) in [6, 6.07) is 7.15. The Kier molecular flexibility index (Phi) is 7.47. The van der Waals surface area contributed by atoms with E-state index in [0.29, 0.717) is 17.5 Å². The first-order valence-electron chi connectivity index (χ1n) is 9.77. The second-order valence-electron chi connectivity index (χ2n) is 6.79. The molecule has 8 heteroatoms. The van der Waals surface area contributed by atoms with Crippen molar-refractivity contribution in [3.05, 3.63) is 24.3 Å². The van der Waals surface area contributed by atoms with Crippen LogP contribution in [0.25, 0.3) is 0 Å². The third kappa shape index (κ3) is 6.09. The second-order valence-corrected chi connectivity index (χ2v) is 7.98. The van der Waals surface area contributed by atoms with Gasteiger partial charge in [-0.25, -0.2) is 0 Å². The first kappa shape index (κ1) is 20.4. The number of nitrogens with zero attached hydrogens (tertiary/aromatic N) is 2. The van der Waals surface area contributed by atoms with Crippen molar-refractivity contribution in [1.82, 2.24) is 5.32 Å². The van der Waals surface area contributed by atoms with E-state index in [4.69, 9.17) is 4.74 Å². The van der Waals surface area contributed by atoms with E-state index >= 15 is 0 Å². The number of amides is 2. The van der Waals surface area contributed by atoms with Crippen LogP contribution in [0.2, 0.25) is 0 Å². The smallest absolute Gasteiger partial charge is 0.240 e. The Balaban J connectivity index is 1.51. The molecule has 1 aliphatic heterocycles. The van der Waals surface area contributed by atoms with Crippen LogP contribution < -0.4 is 15.4 Å². The third-order valence-electron chi connectivity index (χ3n) is 4.56. The molecule has 2 fully saturated rings. The summed E-state index contributed by atoms with van der Waals surface area (Å²) in [5, 5.41) is 14.0. The van der Waals surface area contributed by atoms with E-state index in [1.807, 2.05) is 6.92 Å². The van der Waals surface area contributed by atoms with Gasteiger partial charge in [0.05, 0.1) is 6.61 Å². The molecular formula is C20H26N4O3S. The highest BCUT2D eigenvalue weighted by Gasteiger charge is 2.32. The van der Waals surface area contributed by atoms with E-state index in [9.17, 15) is 9.59 Å². The lowest BCUT2D eigenvalue weighted by Crippen LogP contribution is -2.28. The number of hydrogen-bond donors (Lipinski definition) is 2. The number of carbonyl (C=O) groups excluding carboxylic acids is 2. The van der Waals surface area contributed by atoms with Gasteiger partial charge in [-0.05, 0) is 56.9 Å². The van der Waals surface area contributed by atoms with Gasteiger partial charge in [0.2, 0.25) is 11.8 Å². The number of hydrogen-bond acceptors (Lipinski definition) is 6. The van der Waals surface area contributed by atoms with Gasteiger partial charge in [-0.15, -0.1) is 5.10 Å². The van der Waals surface area contributed by atoms with Crippen molar-refractivity contribution >= 4 is 40.1 Å². The minimum atomic E-state index is -0.490. The van der Waals surface area contributed by atoms with Crippen LogP contribution in [0.4, 0.5) is 5.69 Å². The minimum Gasteiger partial charge on any atom is -0.494 e. The van der Waals surface area contributed by atoms with Crippen LogP contribution in [0, 0.1) is 0 Å². The van der Waals surface area contributed by atoms with Crippen LogP contribution in [-0.4, -0.2) is 34.6 Å². The van der Waals surface area contributed by atoms with E-state index < -0.39 is 5.25 Å². The Morgan fingerprint density at radius 3 is 2.57 bits per heavy atom. The maximum Gasteiger partial charge on any atom is 0.240 e. The highest BCUT2D eigenvalue weighted by Crippen LogP contribution is 2.24. The van der Waals surface area contributed by atoms with Gasteiger partial charge in [0, 0.05) is 17.8 Å². The summed E-state index contributed by atoms with van der Waals surface area (Å²) in [5.41, 5.74) is 1.77. The van der Waals surface area contributed by atoms with Crippen molar-refractivity contribution in [2.45, 2.75) is 57.1 Å². The Bertz CT molecular complexity index is 751. The van der Waals surface area contributed by atoms with Gasteiger partial charge in [0.25, 0.3) is 0 Å². The number of nitrogens with one attached hydrogen (secondary N) is 2. The van der Waals surface area contributed by atoms with Gasteiger partial charge in [0.1, 0.15) is 11.0 Å². The Labute approximate surface area is 169 Å². The molecule has 150 valence electrons. The molecule has 7 nitrogen and oxygen atoms in total. The molecule has 1 atom stereocenters. The first-order chi connectivity index (χ1) is 13.6. The molecule has 2 N–H and O–H groups in total. The Morgan fingerprint density at radius 2 is 1.89 bits per heavy atom. The number of ether oxygens (including phenoxy) is 1. The SMILES string of the molecule is CCOc1ccc(NC(=O)C[C@@H]2S/C(=N/N=C3CCCCCC3)NC2=O)cc1. The van der Waals surface area contributed by atoms with Crippen molar-refractivity contribution in [3.8, 4) is 5.75 Å². The summed E-state index contributed by atoms with van der Waals surface area (Å²) in [7, 11) is 0. The van der Waals surface area contributed by atoms with Crippen molar-refractivity contribution < 1.29 is 14.3 Å². The molecule has 1 heterocycles. The average Bonchev–Trinajstić information content (AvgIpc) is 2.86. The van der Waals surface area contributed by atoms with E-state index in [2.05, 4.69) is 20.8 Å². The van der Waals surface area contributed by atoms with Crippen molar-refractivity contribution in [1.29, 1.82) is 0 Å². The topological polar surface area (TPSA) is 92.2 Å². The molecule has 1 saturated heterocycles. The number of rotatable bonds is 6. The number of amidine groups is 1. The fourth-order valence-corrected chi connectivity index (χ4v) is 4.04. The summed E-state index contributed by atoms with van der Waals surface area (Å²) in [6.45, 7) is 2.51. The molecule has 3 rings (SSSR count). The van der Waals surface area contributed by atoms with Gasteiger partial charge in [0.15, 0.2) is 5.17 Å². The molecular weight excluding hydrogens is 376 g/mol. The van der Waals surface area contributed by atoms with Gasteiger partial charge < -0.3 is 15.4 Å². The Hall–Kier alpha value is -2.35. The van der Waals surface area contributed by atoms with Crippen LogP contribution in [0.15, 0.2) is 34.5 Å². The molecule has 28 heavy (non-hydrogen) atoms.